The molecule has 3 nitrogen and oxygen atoms in total. The van der Waals surface area contributed by atoms with E-state index < -0.39 is 0 Å². The lowest BCUT2D eigenvalue weighted by atomic mass is 10.1. The number of carbonyl (C=O) groups excluding carboxylic acids is 1. The maximum atomic E-state index is 11.4. The van der Waals surface area contributed by atoms with E-state index >= 15 is 0 Å². The molecule has 0 aliphatic carbocycles. The lowest BCUT2D eigenvalue weighted by Crippen LogP contribution is -2.17. The molecule has 2 rings (SSSR count). The Bertz CT molecular complexity index is 396. The van der Waals surface area contributed by atoms with Gasteiger partial charge >= 0.3 is 5.97 Å². The van der Waals surface area contributed by atoms with Crippen molar-refractivity contribution in [3.05, 3.63) is 29.8 Å². The Morgan fingerprint density at radius 1 is 1.32 bits per heavy atom. The lowest BCUT2D eigenvalue weighted by Gasteiger charge is -2.21. The molecule has 1 aromatic rings. The van der Waals surface area contributed by atoms with Crippen LogP contribution in [0, 0.1) is 0 Å². The second-order valence-corrected chi connectivity index (χ2v) is 5.93. The predicted octanol–water partition coefficient (Wildman–Crippen LogP) is 3.06. The number of hydrogen-bond acceptors (Lipinski definition) is 4. The minimum absolute atomic E-state index is 0.160. The molecule has 0 spiro atoms. The van der Waals surface area contributed by atoms with E-state index in [4.69, 9.17) is 9.47 Å². The van der Waals surface area contributed by atoms with Crippen LogP contribution >= 0.6 is 11.8 Å². The minimum atomic E-state index is -0.160. The molecule has 1 aromatic carbocycles. The van der Waals surface area contributed by atoms with E-state index in [1.807, 2.05) is 30.8 Å². The highest BCUT2D eigenvalue weighted by atomic mass is 32.2. The van der Waals surface area contributed by atoms with Crippen molar-refractivity contribution in [2.24, 2.45) is 0 Å². The second-order valence-electron chi connectivity index (χ2n) is 4.56. The number of hydrogen-bond donors (Lipinski definition) is 0. The van der Waals surface area contributed by atoms with Crippen molar-refractivity contribution >= 4 is 17.7 Å². The van der Waals surface area contributed by atoms with Gasteiger partial charge < -0.3 is 9.47 Å². The molecule has 0 aromatic heterocycles. The summed E-state index contributed by atoms with van der Waals surface area (Å²) in [6.07, 6.45) is 2.60. The molecule has 1 fully saturated rings. The SMILES string of the molecule is CCOC(=O)Cc1ccc(SC2CCOCC2)cc1. The zero-order valence-electron chi connectivity index (χ0n) is 11.3. The number of benzene rings is 1. The van der Waals surface area contributed by atoms with E-state index in [9.17, 15) is 4.79 Å². The molecule has 1 aliphatic heterocycles. The molecule has 0 N–H and O–H groups in total. The van der Waals surface area contributed by atoms with Crippen molar-refractivity contribution in [1.82, 2.24) is 0 Å². The van der Waals surface area contributed by atoms with Gasteiger partial charge in [-0.15, -0.1) is 11.8 Å². The molecule has 1 saturated heterocycles. The van der Waals surface area contributed by atoms with Gasteiger partial charge in [-0.25, -0.2) is 0 Å². The highest BCUT2D eigenvalue weighted by molar-refractivity contribution is 8.00. The highest BCUT2D eigenvalue weighted by Gasteiger charge is 2.14. The molecule has 0 radical (unpaired) electrons. The molecule has 1 aliphatic rings. The Kier molecular flexibility index (Phi) is 5.73. The summed E-state index contributed by atoms with van der Waals surface area (Å²) in [5.41, 5.74) is 1.01. The Balaban J connectivity index is 1.85. The average molecular weight is 280 g/mol. The average Bonchev–Trinajstić information content (AvgIpc) is 2.42. The van der Waals surface area contributed by atoms with Crippen LogP contribution in [0.15, 0.2) is 29.2 Å². The monoisotopic (exact) mass is 280 g/mol. The van der Waals surface area contributed by atoms with Crippen LogP contribution in [0.2, 0.25) is 0 Å². The molecular weight excluding hydrogens is 260 g/mol. The van der Waals surface area contributed by atoms with Gasteiger partial charge in [0.05, 0.1) is 13.0 Å². The van der Waals surface area contributed by atoms with Crippen molar-refractivity contribution in [2.75, 3.05) is 19.8 Å². The third-order valence-corrected chi connectivity index (χ3v) is 4.40. The van der Waals surface area contributed by atoms with Crippen molar-refractivity contribution in [3.63, 3.8) is 0 Å². The fraction of sp³-hybridized carbons (Fsp3) is 0.533. The van der Waals surface area contributed by atoms with Crippen LogP contribution < -0.4 is 0 Å². The minimum Gasteiger partial charge on any atom is -0.466 e. The van der Waals surface area contributed by atoms with E-state index in [1.54, 1.807) is 0 Å². The summed E-state index contributed by atoms with van der Waals surface area (Å²) in [5.74, 6) is -0.160. The van der Waals surface area contributed by atoms with Crippen LogP contribution in [0.25, 0.3) is 0 Å². The van der Waals surface area contributed by atoms with Gasteiger partial charge in [-0.2, -0.15) is 0 Å². The zero-order chi connectivity index (χ0) is 13.5. The maximum absolute atomic E-state index is 11.4. The quantitative estimate of drug-likeness (QED) is 0.777. The number of esters is 1. The molecule has 0 atom stereocenters. The van der Waals surface area contributed by atoms with Crippen molar-refractivity contribution < 1.29 is 14.3 Å². The Morgan fingerprint density at radius 2 is 2.00 bits per heavy atom. The molecule has 1 heterocycles. The Morgan fingerprint density at radius 3 is 2.63 bits per heavy atom. The van der Waals surface area contributed by atoms with E-state index in [-0.39, 0.29) is 5.97 Å². The summed E-state index contributed by atoms with van der Waals surface area (Å²) in [5, 5.41) is 0.657. The fourth-order valence-electron chi connectivity index (χ4n) is 2.05. The summed E-state index contributed by atoms with van der Waals surface area (Å²) in [7, 11) is 0. The first-order chi connectivity index (χ1) is 9.28. The van der Waals surface area contributed by atoms with E-state index in [2.05, 4.69) is 12.1 Å². The molecule has 4 heteroatoms. The smallest absolute Gasteiger partial charge is 0.310 e. The molecule has 0 unspecified atom stereocenters. The van der Waals surface area contributed by atoms with Gasteiger partial charge in [-0.1, -0.05) is 12.1 Å². The van der Waals surface area contributed by atoms with Crippen molar-refractivity contribution in [1.29, 1.82) is 0 Å². The van der Waals surface area contributed by atoms with E-state index in [0.29, 0.717) is 18.3 Å². The van der Waals surface area contributed by atoms with Gasteiger partial charge in [-0.3, -0.25) is 4.79 Å². The number of carbonyl (C=O) groups is 1. The van der Waals surface area contributed by atoms with Crippen LogP contribution in [0.1, 0.15) is 25.3 Å². The van der Waals surface area contributed by atoms with E-state index in [0.717, 1.165) is 31.6 Å². The topological polar surface area (TPSA) is 35.5 Å². The number of ether oxygens (including phenoxy) is 2. The third-order valence-electron chi connectivity index (χ3n) is 3.05. The summed E-state index contributed by atoms with van der Waals surface area (Å²) in [4.78, 5) is 12.6. The molecule has 0 bridgehead atoms. The van der Waals surface area contributed by atoms with Gasteiger partial charge in [0, 0.05) is 23.4 Å². The first kappa shape index (κ1) is 14.4. The zero-order valence-corrected chi connectivity index (χ0v) is 12.1. The standard InChI is InChI=1S/C15H20O3S/c1-2-18-15(16)11-12-3-5-13(6-4-12)19-14-7-9-17-10-8-14/h3-6,14H,2,7-11H2,1H3. The molecular formula is C15H20O3S. The number of rotatable bonds is 5. The Hall–Kier alpha value is -1.00. The normalized spacial score (nSPS) is 16.3. The summed E-state index contributed by atoms with van der Waals surface area (Å²) in [6, 6.07) is 8.21. The van der Waals surface area contributed by atoms with Crippen LogP contribution in [0.4, 0.5) is 0 Å². The van der Waals surface area contributed by atoms with Gasteiger partial charge in [0.2, 0.25) is 0 Å². The molecule has 19 heavy (non-hydrogen) atoms. The fourth-order valence-corrected chi connectivity index (χ4v) is 3.16. The van der Waals surface area contributed by atoms with Gasteiger partial charge in [0.15, 0.2) is 0 Å². The highest BCUT2D eigenvalue weighted by Crippen LogP contribution is 2.29. The van der Waals surface area contributed by atoms with Crippen LogP contribution in [-0.2, 0) is 20.7 Å². The largest absolute Gasteiger partial charge is 0.466 e. The molecule has 0 saturated carbocycles. The summed E-state index contributed by atoms with van der Waals surface area (Å²) >= 11 is 1.91. The molecule has 104 valence electrons. The van der Waals surface area contributed by atoms with Gasteiger partial charge in [-0.05, 0) is 37.5 Å². The van der Waals surface area contributed by atoms with Crippen LogP contribution in [0.5, 0.6) is 0 Å². The maximum Gasteiger partial charge on any atom is 0.310 e. The van der Waals surface area contributed by atoms with Crippen molar-refractivity contribution in [2.45, 2.75) is 36.3 Å². The van der Waals surface area contributed by atoms with Crippen molar-refractivity contribution in [3.8, 4) is 0 Å². The summed E-state index contributed by atoms with van der Waals surface area (Å²) < 4.78 is 10.3. The number of thioether (sulfide) groups is 1. The van der Waals surface area contributed by atoms with Crippen LogP contribution in [-0.4, -0.2) is 31.0 Å². The first-order valence-electron chi connectivity index (χ1n) is 6.77. The second kappa shape index (κ2) is 7.56. The van der Waals surface area contributed by atoms with E-state index in [1.165, 1.54) is 4.90 Å². The third kappa shape index (κ3) is 4.88. The Labute approximate surface area is 118 Å². The van der Waals surface area contributed by atoms with Gasteiger partial charge in [0.1, 0.15) is 0 Å². The summed E-state index contributed by atoms with van der Waals surface area (Å²) in [6.45, 7) is 4.01. The predicted molar refractivity (Wildman–Crippen MR) is 76.5 cm³/mol. The van der Waals surface area contributed by atoms with Crippen LogP contribution in [0.3, 0.4) is 0 Å². The molecule has 0 amide bonds. The van der Waals surface area contributed by atoms with Gasteiger partial charge in [0.25, 0.3) is 0 Å². The lowest BCUT2D eigenvalue weighted by molar-refractivity contribution is -0.142. The first-order valence-corrected chi connectivity index (χ1v) is 7.65.